The van der Waals surface area contributed by atoms with Crippen LogP contribution in [0.15, 0.2) is 54.0 Å². The molecule has 1 N–H and O–H groups in total. The van der Waals surface area contributed by atoms with E-state index < -0.39 is 11.5 Å². The van der Waals surface area contributed by atoms with Crippen LogP contribution in [0.2, 0.25) is 5.02 Å². The number of piperazine rings is 1. The molecule has 0 radical (unpaired) electrons. The zero-order valence-electron chi connectivity index (χ0n) is 23.2. The Bertz CT molecular complexity index is 1760. The molecule has 5 rings (SSSR count). The van der Waals surface area contributed by atoms with Gasteiger partial charge in [-0.1, -0.05) is 44.2 Å². The summed E-state index contributed by atoms with van der Waals surface area (Å²) in [4.78, 5) is 43.6. The highest BCUT2D eigenvalue weighted by Gasteiger charge is 2.31. The van der Waals surface area contributed by atoms with Crippen LogP contribution >= 0.6 is 11.6 Å². The SMILES string of the molecule is C=CC(=O)N1CCN(c2nc(=O)n(-c3c(C(C)C)ncc(O)c3C)c3nc(-c4ccccc4F)c(Cl)cc23)[C@@H](C)C1. The number of aromatic nitrogens is 4. The Morgan fingerprint density at radius 3 is 2.63 bits per heavy atom. The molecule has 3 aromatic heterocycles. The van der Waals surface area contributed by atoms with E-state index in [1.54, 1.807) is 36.1 Å². The van der Waals surface area contributed by atoms with Crippen molar-refractivity contribution in [3.05, 3.63) is 81.8 Å². The fourth-order valence-corrected chi connectivity index (χ4v) is 5.53. The van der Waals surface area contributed by atoms with E-state index >= 15 is 0 Å². The molecule has 212 valence electrons. The minimum atomic E-state index is -0.643. The second kappa shape index (κ2) is 10.9. The summed E-state index contributed by atoms with van der Waals surface area (Å²) in [5, 5.41) is 11.2. The zero-order valence-corrected chi connectivity index (χ0v) is 24.0. The van der Waals surface area contributed by atoms with Gasteiger partial charge >= 0.3 is 5.69 Å². The van der Waals surface area contributed by atoms with Gasteiger partial charge in [-0.2, -0.15) is 4.98 Å². The minimum absolute atomic E-state index is 0.0894. The molecule has 1 saturated heterocycles. The van der Waals surface area contributed by atoms with Crippen LogP contribution in [0.1, 0.15) is 37.9 Å². The van der Waals surface area contributed by atoms with Crippen molar-refractivity contribution in [2.45, 2.75) is 39.7 Å². The third-order valence-electron chi connectivity index (χ3n) is 7.39. The van der Waals surface area contributed by atoms with E-state index in [0.717, 1.165) is 0 Å². The van der Waals surface area contributed by atoms with E-state index in [9.17, 15) is 19.1 Å². The summed E-state index contributed by atoms with van der Waals surface area (Å²) in [5.41, 5.74) is 1.24. The van der Waals surface area contributed by atoms with Gasteiger partial charge in [-0.25, -0.2) is 18.7 Å². The average Bonchev–Trinajstić information content (AvgIpc) is 2.94. The molecular weight excluding hydrogens is 547 g/mol. The fourth-order valence-electron chi connectivity index (χ4n) is 5.28. The number of hydrogen-bond acceptors (Lipinski definition) is 7. The molecule has 1 aliphatic heterocycles. The van der Waals surface area contributed by atoms with Crippen LogP contribution in [-0.2, 0) is 4.79 Å². The number of pyridine rings is 2. The lowest BCUT2D eigenvalue weighted by atomic mass is 10.0. The number of anilines is 1. The molecule has 1 amide bonds. The summed E-state index contributed by atoms with van der Waals surface area (Å²) in [6.07, 6.45) is 2.63. The molecule has 4 aromatic rings. The van der Waals surface area contributed by atoms with Gasteiger partial charge in [0.2, 0.25) is 5.91 Å². The number of benzene rings is 1. The number of amides is 1. The molecule has 1 atom stereocenters. The molecule has 11 heteroatoms. The van der Waals surface area contributed by atoms with Crippen molar-refractivity contribution < 1.29 is 14.3 Å². The lowest BCUT2D eigenvalue weighted by molar-refractivity contribution is -0.126. The predicted octanol–water partition coefficient (Wildman–Crippen LogP) is 5.00. The van der Waals surface area contributed by atoms with E-state index in [1.807, 2.05) is 25.7 Å². The maximum Gasteiger partial charge on any atom is 0.355 e. The second-order valence-electron chi connectivity index (χ2n) is 10.4. The van der Waals surface area contributed by atoms with E-state index in [2.05, 4.69) is 16.5 Å². The topological polar surface area (TPSA) is 104 Å². The molecule has 1 aliphatic rings. The Hall–Kier alpha value is -4.31. The van der Waals surface area contributed by atoms with Crippen molar-refractivity contribution in [3.63, 3.8) is 0 Å². The van der Waals surface area contributed by atoms with Gasteiger partial charge in [-0.3, -0.25) is 9.78 Å². The number of halogens is 2. The Balaban J connectivity index is 1.83. The fraction of sp³-hybridized carbons (Fsp3) is 0.300. The summed E-state index contributed by atoms with van der Waals surface area (Å²) in [6, 6.07) is 7.57. The van der Waals surface area contributed by atoms with Gasteiger partial charge < -0.3 is 14.9 Å². The summed E-state index contributed by atoms with van der Waals surface area (Å²) in [6.45, 7) is 12.3. The van der Waals surface area contributed by atoms with Crippen molar-refractivity contribution in [1.29, 1.82) is 0 Å². The highest BCUT2D eigenvalue weighted by atomic mass is 35.5. The molecule has 0 spiro atoms. The summed E-state index contributed by atoms with van der Waals surface area (Å²) in [5.74, 6) is -0.532. The van der Waals surface area contributed by atoms with Crippen molar-refractivity contribution in [1.82, 2.24) is 24.4 Å². The Morgan fingerprint density at radius 2 is 1.98 bits per heavy atom. The number of rotatable bonds is 5. The Kier molecular flexibility index (Phi) is 7.52. The standard InChI is InChI=1S/C30H30ClFN6O3/c1-6-24(40)36-11-12-37(17(4)15-36)28-20-13-21(31)26(19-9-7-8-10-22(19)32)34-29(20)38(30(41)35-28)27-18(5)23(39)14-33-25(27)16(2)3/h6-10,13-14,16-17,39H,1,11-12,15H2,2-5H3/t17-/m0/s1. The molecule has 4 heterocycles. The Labute approximate surface area is 241 Å². The number of hydrogen-bond donors (Lipinski definition) is 1. The normalized spacial score (nSPS) is 15.5. The molecule has 1 fully saturated rings. The third-order valence-corrected chi connectivity index (χ3v) is 7.68. The zero-order chi connectivity index (χ0) is 29.6. The largest absolute Gasteiger partial charge is 0.506 e. The highest BCUT2D eigenvalue weighted by Crippen LogP contribution is 2.37. The van der Waals surface area contributed by atoms with Gasteiger partial charge in [0, 0.05) is 36.8 Å². The summed E-state index contributed by atoms with van der Waals surface area (Å²) >= 11 is 6.74. The third kappa shape index (κ3) is 4.93. The maximum atomic E-state index is 14.9. The number of carbonyl (C=O) groups excluding carboxylic acids is 1. The molecule has 0 bridgehead atoms. The molecule has 0 aliphatic carbocycles. The van der Waals surface area contributed by atoms with Gasteiger partial charge in [0.05, 0.1) is 33.7 Å². The quantitative estimate of drug-likeness (QED) is 0.334. The first kappa shape index (κ1) is 28.2. The Morgan fingerprint density at radius 1 is 1.24 bits per heavy atom. The van der Waals surface area contributed by atoms with Gasteiger partial charge in [0.1, 0.15) is 17.4 Å². The molecule has 9 nitrogen and oxygen atoms in total. The lowest BCUT2D eigenvalue weighted by Gasteiger charge is -2.40. The van der Waals surface area contributed by atoms with E-state index in [0.29, 0.717) is 47.8 Å². The van der Waals surface area contributed by atoms with Crippen LogP contribution in [0.5, 0.6) is 5.75 Å². The average molecular weight is 577 g/mol. The first-order chi connectivity index (χ1) is 19.5. The van der Waals surface area contributed by atoms with Crippen LogP contribution in [0, 0.1) is 12.7 Å². The maximum absolute atomic E-state index is 14.9. The second-order valence-corrected chi connectivity index (χ2v) is 10.8. The van der Waals surface area contributed by atoms with E-state index in [4.69, 9.17) is 16.6 Å². The predicted molar refractivity (Wildman–Crippen MR) is 157 cm³/mol. The van der Waals surface area contributed by atoms with Crippen LogP contribution in [0.3, 0.4) is 0 Å². The van der Waals surface area contributed by atoms with Crippen molar-refractivity contribution in [3.8, 4) is 22.7 Å². The molecule has 0 saturated carbocycles. The van der Waals surface area contributed by atoms with Crippen LogP contribution < -0.4 is 10.6 Å². The first-order valence-electron chi connectivity index (χ1n) is 13.3. The van der Waals surface area contributed by atoms with Crippen LogP contribution in [-0.4, -0.2) is 61.1 Å². The molecular formula is C30H30ClFN6O3. The number of fused-ring (bicyclic) bond motifs is 1. The van der Waals surface area contributed by atoms with Crippen molar-refractivity contribution in [2.75, 3.05) is 24.5 Å². The molecule has 1 aromatic carbocycles. The van der Waals surface area contributed by atoms with E-state index in [1.165, 1.54) is 22.9 Å². The number of aromatic hydroxyl groups is 1. The van der Waals surface area contributed by atoms with Gasteiger partial charge in [-0.05, 0) is 44.0 Å². The van der Waals surface area contributed by atoms with Gasteiger partial charge in [0.15, 0.2) is 5.65 Å². The van der Waals surface area contributed by atoms with Crippen LogP contribution in [0.4, 0.5) is 10.2 Å². The molecule has 41 heavy (non-hydrogen) atoms. The smallest absolute Gasteiger partial charge is 0.355 e. The van der Waals surface area contributed by atoms with Crippen molar-refractivity contribution in [2.24, 2.45) is 0 Å². The van der Waals surface area contributed by atoms with Gasteiger partial charge in [-0.15, -0.1) is 0 Å². The minimum Gasteiger partial charge on any atom is -0.506 e. The lowest BCUT2D eigenvalue weighted by Crippen LogP contribution is -2.54. The van der Waals surface area contributed by atoms with Gasteiger partial charge in [0.25, 0.3) is 0 Å². The monoisotopic (exact) mass is 576 g/mol. The number of carbonyl (C=O) groups is 1. The van der Waals surface area contributed by atoms with E-state index in [-0.39, 0.29) is 45.5 Å². The number of nitrogens with zero attached hydrogens (tertiary/aromatic N) is 6. The highest BCUT2D eigenvalue weighted by molar-refractivity contribution is 6.33. The summed E-state index contributed by atoms with van der Waals surface area (Å²) < 4.78 is 16.2. The van der Waals surface area contributed by atoms with Crippen LogP contribution in [0.25, 0.3) is 28.0 Å². The first-order valence-corrected chi connectivity index (χ1v) is 13.7. The molecule has 0 unspecified atom stereocenters. The van der Waals surface area contributed by atoms with Crippen molar-refractivity contribution >= 4 is 34.4 Å². The summed E-state index contributed by atoms with van der Waals surface area (Å²) in [7, 11) is 0.